The molecule has 3 N–H and O–H groups in total. The summed E-state index contributed by atoms with van der Waals surface area (Å²) in [5.41, 5.74) is 5.62. The van der Waals surface area contributed by atoms with Crippen molar-refractivity contribution in [3.05, 3.63) is 18.2 Å². The largest absolute Gasteiger partial charge is 0.349 e. The Balaban J connectivity index is 2.45. The highest BCUT2D eigenvalue weighted by atomic mass is 16.1. The van der Waals surface area contributed by atoms with Gasteiger partial charge in [-0.2, -0.15) is 0 Å². The maximum absolute atomic E-state index is 11.9. The summed E-state index contributed by atoms with van der Waals surface area (Å²) in [6.07, 6.45) is 4.40. The minimum atomic E-state index is -0.102. The minimum absolute atomic E-state index is 0.0178. The Morgan fingerprint density at radius 3 is 2.76 bits per heavy atom. The molecule has 0 radical (unpaired) electrons. The second-order valence-corrected chi connectivity index (χ2v) is 4.73. The van der Waals surface area contributed by atoms with Crippen LogP contribution in [-0.4, -0.2) is 22.0 Å². The molecule has 1 aromatic heterocycles. The average molecular weight is 238 g/mol. The molecular formula is C12H22N4O. The highest BCUT2D eigenvalue weighted by Crippen LogP contribution is 2.10. The molecule has 17 heavy (non-hydrogen) atoms. The lowest BCUT2D eigenvalue weighted by Gasteiger charge is -2.16. The summed E-state index contributed by atoms with van der Waals surface area (Å²) >= 11 is 0. The van der Waals surface area contributed by atoms with Gasteiger partial charge in [0.2, 0.25) is 5.91 Å². The van der Waals surface area contributed by atoms with Crippen LogP contribution in [0.15, 0.2) is 12.4 Å². The van der Waals surface area contributed by atoms with Crippen LogP contribution in [0.4, 0.5) is 0 Å². The molecule has 1 unspecified atom stereocenters. The van der Waals surface area contributed by atoms with Crippen molar-refractivity contribution in [1.29, 1.82) is 0 Å². The quantitative estimate of drug-likeness (QED) is 0.764. The molecule has 5 nitrogen and oxygen atoms in total. The van der Waals surface area contributed by atoms with Crippen molar-refractivity contribution >= 4 is 5.91 Å². The summed E-state index contributed by atoms with van der Waals surface area (Å²) in [5, 5.41) is 2.88. The molecule has 0 saturated heterocycles. The van der Waals surface area contributed by atoms with Crippen molar-refractivity contribution in [1.82, 2.24) is 14.9 Å². The molecule has 0 bridgehead atoms. The predicted octanol–water partition coefficient (Wildman–Crippen LogP) is 0.657. The summed E-state index contributed by atoms with van der Waals surface area (Å²) in [7, 11) is 1.91. The van der Waals surface area contributed by atoms with Gasteiger partial charge in [0.25, 0.3) is 0 Å². The van der Waals surface area contributed by atoms with Crippen LogP contribution in [-0.2, 0) is 18.4 Å². The van der Waals surface area contributed by atoms with Gasteiger partial charge in [0.05, 0.1) is 12.5 Å². The highest BCUT2D eigenvalue weighted by Gasteiger charge is 2.18. The van der Waals surface area contributed by atoms with Crippen molar-refractivity contribution in [2.75, 3.05) is 6.54 Å². The minimum Gasteiger partial charge on any atom is -0.349 e. The SMILES string of the molecule is CC(C)CC(CN)C(=O)NCc1nccn1C. The fourth-order valence-corrected chi connectivity index (χ4v) is 1.76. The Bertz CT molecular complexity index is 359. The van der Waals surface area contributed by atoms with E-state index in [0.717, 1.165) is 12.2 Å². The molecule has 1 rings (SSSR count). The van der Waals surface area contributed by atoms with Gasteiger partial charge >= 0.3 is 0 Å². The van der Waals surface area contributed by atoms with Crippen LogP contribution in [0.1, 0.15) is 26.1 Å². The lowest BCUT2D eigenvalue weighted by molar-refractivity contribution is -0.125. The Kier molecular flexibility index (Phi) is 5.15. The number of aryl methyl sites for hydroxylation is 1. The van der Waals surface area contributed by atoms with E-state index in [0.29, 0.717) is 19.0 Å². The maximum Gasteiger partial charge on any atom is 0.224 e. The number of hydrogen-bond acceptors (Lipinski definition) is 3. The van der Waals surface area contributed by atoms with Gasteiger partial charge in [0.1, 0.15) is 5.82 Å². The molecule has 1 aromatic rings. The lowest BCUT2D eigenvalue weighted by Crippen LogP contribution is -2.35. The standard InChI is InChI=1S/C12H22N4O/c1-9(2)6-10(7-13)12(17)15-8-11-14-4-5-16(11)3/h4-5,9-10H,6-8,13H2,1-3H3,(H,15,17). The van der Waals surface area contributed by atoms with Gasteiger partial charge < -0.3 is 15.6 Å². The molecule has 0 aliphatic carbocycles. The molecule has 0 fully saturated rings. The van der Waals surface area contributed by atoms with E-state index in [1.54, 1.807) is 6.20 Å². The van der Waals surface area contributed by atoms with Crippen LogP contribution in [0, 0.1) is 11.8 Å². The molecule has 0 spiro atoms. The molecule has 96 valence electrons. The maximum atomic E-state index is 11.9. The van der Waals surface area contributed by atoms with E-state index in [4.69, 9.17) is 5.73 Å². The molecule has 1 atom stereocenters. The first-order valence-electron chi connectivity index (χ1n) is 5.98. The number of nitrogens with two attached hydrogens (primary N) is 1. The monoisotopic (exact) mass is 238 g/mol. The van der Waals surface area contributed by atoms with Gasteiger partial charge in [0, 0.05) is 26.0 Å². The fourth-order valence-electron chi connectivity index (χ4n) is 1.76. The van der Waals surface area contributed by atoms with Crippen molar-refractivity contribution in [3.8, 4) is 0 Å². The zero-order valence-electron chi connectivity index (χ0n) is 10.8. The lowest BCUT2D eigenvalue weighted by atomic mass is 9.96. The second kappa shape index (κ2) is 6.39. The van der Waals surface area contributed by atoms with E-state index in [9.17, 15) is 4.79 Å². The third-order valence-electron chi connectivity index (χ3n) is 2.75. The Hall–Kier alpha value is -1.36. The normalized spacial score (nSPS) is 12.8. The van der Waals surface area contributed by atoms with E-state index in [1.165, 1.54) is 0 Å². The van der Waals surface area contributed by atoms with E-state index in [-0.39, 0.29) is 11.8 Å². The smallest absolute Gasteiger partial charge is 0.224 e. The third kappa shape index (κ3) is 4.19. The van der Waals surface area contributed by atoms with E-state index in [2.05, 4.69) is 24.1 Å². The Morgan fingerprint density at radius 1 is 1.59 bits per heavy atom. The average Bonchev–Trinajstić information content (AvgIpc) is 2.68. The molecule has 1 heterocycles. The van der Waals surface area contributed by atoms with Gasteiger partial charge in [-0.15, -0.1) is 0 Å². The molecular weight excluding hydrogens is 216 g/mol. The number of carbonyl (C=O) groups is 1. The zero-order chi connectivity index (χ0) is 12.8. The van der Waals surface area contributed by atoms with E-state index < -0.39 is 0 Å². The summed E-state index contributed by atoms with van der Waals surface area (Å²) in [4.78, 5) is 16.0. The van der Waals surface area contributed by atoms with Gasteiger partial charge in [0.15, 0.2) is 0 Å². The number of nitrogens with one attached hydrogen (secondary N) is 1. The third-order valence-corrected chi connectivity index (χ3v) is 2.75. The number of rotatable bonds is 6. The van der Waals surface area contributed by atoms with Crippen LogP contribution in [0.2, 0.25) is 0 Å². The topological polar surface area (TPSA) is 72.9 Å². The van der Waals surface area contributed by atoms with Gasteiger partial charge in [-0.05, 0) is 12.3 Å². The van der Waals surface area contributed by atoms with Crippen molar-refractivity contribution in [3.63, 3.8) is 0 Å². The first-order chi connectivity index (χ1) is 8.04. The second-order valence-electron chi connectivity index (χ2n) is 4.73. The summed E-state index contributed by atoms with van der Waals surface area (Å²) in [6, 6.07) is 0. The number of carbonyl (C=O) groups excluding carboxylic acids is 1. The molecule has 0 aliphatic rings. The van der Waals surface area contributed by atoms with Crippen LogP contribution in [0.5, 0.6) is 0 Å². The number of aromatic nitrogens is 2. The Labute approximate surface area is 102 Å². The Morgan fingerprint density at radius 2 is 2.29 bits per heavy atom. The molecule has 0 aliphatic heterocycles. The fraction of sp³-hybridized carbons (Fsp3) is 0.667. The number of amides is 1. The van der Waals surface area contributed by atoms with Crippen LogP contribution < -0.4 is 11.1 Å². The van der Waals surface area contributed by atoms with Crippen molar-refractivity contribution in [2.45, 2.75) is 26.8 Å². The molecule has 1 amide bonds. The highest BCUT2D eigenvalue weighted by molar-refractivity contribution is 5.78. The number of nitrogens with zero attached hydrogens (tertiary/aromatic N) is 2. The van der Waals surface area contributed by atoms with Crippen molar-refractivity contribution in [2.24, 2.45) is 24.6 Å². The van der Waals surface area contributed by atoms with Crippen LogP contribution in [0.3, 0.4) is 0 Å². The first kappa shape index (κ1) is 13.7. The van der Waals surface area contributed by atoms with E-state index in [1.807, 2.05) is 17.8 Å². The summed E-state index contributed by atoms with van der Waals surface area (Å²) < 4.78 is 1.89. The zero-order valence-corrected chi connectivity index (χ0v) is 10.8. The van der Waals surface area contributed by atoms with Crippen molar-refractivity contribution < 1.29 is 4.79 Å². The van der Waals surface area contributed by atoms with Gasteiger partial charge in [-0.1, -0.05) is 13.8 Å². The molecule has 0 aromatic carbocycles. The van der Waals surface area contributed by atoms with E-state index >= 15 is 0 Å². The molecule has 5 heteroatoms. The van der Waals surface area contributed by atoms with Gasteiger partial charge in [-0.3, -0.25) is 4.79 Å². The number of hydrogen-bond donors (Lipinski definition) is 2. The molecule has 0 saturated carbocycles. The summed E-state index contributed by atoms with van der Waals surface area (Å²) in [6.45, 7) is 5.03. The first-order valence-corrected chi connectivity index (χ1v) is 5.98. The van der Waals surface area contributed by atoms with Crippen LogP contribution >= 0.6 is 0 Å². The predicted molar refractivity (Wildman–Crippen MR) is 67.1 cm³/mol. The number of imidazole rings is 1. The summed E-state index contributed by atoms with van der Waals surface area (Å²) in [5.74, 6) is 1.24. The van der Waals surface area contributed by atoms with Gasteiger partial charge in [-0.25, -0.2) is 4.98 Å². The van der Waals surface area contributed by atoms with Crippen LogP contribution in [0.25, 0.3) is 0 Å².